The van der Waals surface area contributed by atoms with Crippen LogP contribution >= 0.6 is 0 Å². The Morgan fingerprint density at radius 3 is 2.34 bits per heavy atom. The van der Waals surface area contributed by atoms with Crippen molar-refractivity contribution in [1.29, 1.82) is 0 Å². The average Bonchev–Trinajstić information content (AvgIpc) is 2.78. The van der Waals surface area contributed by atoms with Crippen LogP contribution in [0.15, 0.2) is 66.7 Å². The van der Waals surface area contributed by atoms with E-state index in [1.165, 1.54) is 0 Å². The third kappa shape index (κ3) is 4.52. The van der Waals surface area contributed by atoms with Crippen molar-refractivity contribution in [3.8, 4) is 11.5 Å². The van der Waals surface area contributed by atoms with Gasteiger partial charge in [0.25, 0.3) is 11.8 Å². The van der Waals surface area contributed by atoms with E-state index in [1.807, 2.05) is 30.3 Å². The molecule has 3 aromatic rings. The van der Waals surface area contributed by atoms with Gasteiger partial charge >= 0.3 is 0 Å². The van der Waals surface area contributed by atoms with Crippen molar-refractivity contribution in [2.45, 2.75) is 6.54 Å². The van der Waals surface area contributed by atoms with Gasteiger partial charge < -0.3 is 20.1 Å². The summed E-state index contributed by atoms with van der Waals surface area (Å²) in [4.78, 5) is 29.1. The van der Waals surface area contributed by atoms with E-state index in [9.17, 15) is 9.59 Å². The van der Waals surface area contributed by atoms with E-state index in [4.69, 9.17) is 9.47 Å². The zero-order chi connectivity index (χ0) is 20.1. The van der Waals surface area contributed by atoms with Crippen molar-refractivity contribution >= 4 is 17.5 Å². The van der Waals surface area contributed by atoms with E-state index in [0.717, 1.165) is 5.56 Å². The zero-order valence-corrected chi connectivity index (χ0v) is 15.6. The molecule has 0 atom stereocenters. The molecule has 29 heavy (non-hydrogen) atoms. The topological polar surface area (TPSA) is 89.6 Å². The number of nitrogens with zero attached hydrogens (tertiary/aromatic N) is 1. The van der Waals surface area contributed by atoms with Crippen LogP contribution in [0.3, 0.4) is 0 Å². The fraction of sp³-hybridized carbons (Fsp3) is 0.136. The van der Waals surface area contributed by atoms with Crippen LogP contribution in [-0.4, -0.2) is 30.0 Å². The maximum Gasteiger partial charge on any atom is 0.274 e. The number of anilines is 1. The van der Waals surface area contributed by atoms with Crippen molar-refractivity contribution < 1.29 is 19.1 Å². The Kier molecular flexibility index (Phi) is 5.38. The Hall–Kier alpha value is -3.87. The van der Waals surface area contributed by atoms with E-state index in [2.05, 4.69) is 15.6 Å². The monoisotopic (exact) mass is 389 g/mol. The lowest BCUT2D eigenvalue weighted by Crippen LogP contribution is -2.25. The SMILES string of the molecule is O=C(NCc1ccccc1)c1cccc(C(=O)Nc2ccc3c(c2)OCCO3)n1. The number of aromatic nitrogens is 1. The van der Waals surface area contributed by atoms with Gasteiger partial charge in [-0.05, 0) is 29.8 Å². The molecule has 0 radical (unpaired) electrons. The first-order valence-electron chi connectivity index (χ1n) is 9.19. The van der Waals surface area contributed by atoms with Crippen LogP contribution in [0.5, 0.6) is 11.5 Å². The average molecular weight is 389 g/mol. The highest BCUT2D eigenvalue weighted by atomic mass is 16.6. The number of benzene rings is 2. The summed E-state index contributed by atoms with van der Waals surface area (Å²) >= 11 is 0. The molecule has 4 rings (SSSR count). The summed E-state index contributed by atoms with van der Waals surface area (Å²) in [7, 11) is 0. The number of carbonyl (C=O) groups is 2. The molecular weight excluding hydrogens is 370 g/mol. The summed E-state index contributed by atoms with van der Waals surface area (Å²) in [6.07, 6.45) is 0. The van der Waals surface area contributed by atoms with Crippen LogP contribution in [0.25, 0.3) is 0 Å². The van der Waals surface area contributed by atoms with Gasteiger partial charge in [0.15, 0.2) is 11.5 Å². The highest BCUT2D eigenvalue weighted by molar-refractivity contribution is 6.04. The van der Waals surface area contributed by atoms with Gasteiger partial charge in [-0.15, -0.1) is 0 Å². The standard InChI is InChI=1S/C22H19N3O4/c26-21(23-14-15-5-2-1-3-6-15)17-7-4-8-18(25-17)22(27)24-16-9-10-19-20(13-16)29-12-11-28-19/h1-10,13H,11-12,14H2,(H,23,26)(H,24,27). The summed E-state index contributed by atoms with van der Waals surface area (Å²) < 4.78 is 11.0. The second-order valence-electron chi connectivity index (χ2n) is 6.39. The van der Waals surface area contributed by atoms with E-state index in [-0.39, 0.29) is 17.3 Å². The lowest BCUT2D eigenvalue weighted by molar-refractivity contribution is 0.0945. The number of rotatable bonds is 5. The van der Waals surface area contributed by atoms with Gasteiger partial charge in [-0.1, -0.05) is 36.4 Å². The quantitative estimate of drug-likeness (QED) is 0.700. The molecule has 1 aliphatic rings. The minimum Gasteiger partial charge on any atom is -0.486 e. The first kappa shape index (κ1) is 18.5. The van der Waals surface area contributed by atoms with Gasteiger partial charge in [0.2, 0.25) is 0 Å². The third-order valence-electron chi connectivity index (χ3n) is 4.31. The van der Waals surface area contributed by atoms with Gasteiger partial charge in [0.05, 0.1) is 0 Å². The maximum absolute atomic E-state index is 12.6. The van der Waals surface area contributed by atoms with Crippen LogP contribution in [0.2, 0.25) is 0 Å². The van der Waals surface area contributed by atoms with E-state index >= 15 is 0 Å². The van der Waals surface area contributed by atoms with E-state index in [0.29, 0.717) is 36.9 Å². The second kappa shape index (κ2) is 8.43. The molecule has 0 fully saturated rings. The minimum absolute atomic E-state index is 0.146. The molecule has 0 saturated carbocycles. The molecule has 0 bridgehead atoms. The Bertz CT molecular complexity index is 1040. The third-order valence-corrected chi connectivity index (χ3v) is 4.31. The Morgan fingerprint density at radius 2 is 1.55 bits per heavy atom. The van der Waals surface area contributed by atoms with Crippen LogP contribution in [0, 0.1) is 0 Å². The predicted octanol–water partition coefficient (Wildman–Crippen LogP) is 3.04. The number of pyridine rings is 1. The molecule has 2 aromatic carbocycles. The summed E-state index contributed by atoms with van der Waals surface area (Å²) in [5, 5.41) is 5.57. The molecule has 7 heteroatoms. The van der Waals surface area contributed by atoms with Crippen molar-refractivity contribution in [2.75, 3.05) is 18.5 Å². The van der Waals surface area contributed by atoms with Gasteiger partial charge in [-0.3, -0.25) is 9.59 Å². The number of amides is 2. The zero-order valence-electron chi connectivity index (χ0n) is 15.6. The molecule has 2 heterocycles. The first-order chi connectivity index (χ1) is 14.2. The molecule has 7 nitrogen and oxygen atoms in total. The molecule has 1 aliphatic heterocycles. The summed E-state index contributed by atoms with van der Waals surface area (Å²) in [6.45, 7) is 1.35. The van der Waals surface area contributed by atoms with E-state index < -0.39 is 5.91 Å². The first-order valence-corrected chi connectivity index (χ1v) is 9.19. The van der Waals surface area contributed by atoms with Crippen LogP contribution < -0.4 is 20.1 Å². The van der Waals surface area contributed by atoms with Crippen LogP contribution in [0.1, 0.15) is 26.5 Å². The van der Waals surface area contributed by atoms with Gasteiger partial charge in [-0.2, -0.15) is 0 Å². The van der Waals surface area contributed by atoms with E-state index in [1.54, 1.807) is 36.4 Å². The molecule has 2 N–H and O–H groups in total. The molecular formula is C22H19N3O4. The summed E-state index contributed by atoms with van der Waals surface area (Å²) in [5.41, 5.74) is 1.86. The number of hydrogen-bond acceptors (Lipinski definition) is 5. The molecule has 0 aliphatic carbocycles. The van der Waals surface area contributed by atoms with Crippen LogP contribution in [-0.2, 0) is 6.54 Å². The largest absolute Gasteiger partial charge is 0.486 e. The molecule has 0 saturated heterocycles. The maximum atomic E-state index is 12.6. The summed E-state index contributed by atoms with van der Waals surface area (Å²) in [6, 6.07) is 19.5. The number of ether oxygens (including phenoxy) is 2. The highest BCUT2D eigenvalue weighted by Crippen LogP contribution is 2.32. The van der Waals surface area contributed by atoms with Gasteiger partial charge in [-0.25, -0.2) is 4.98 Å². The molecule has 0 spiro atoms. The van der Waals surface area contributed by atoms with Crippen LogP contribution in [0.4, 0.5) is 5.69 Å². The molecule has 146 valence electrons. The lowest BCUT2D eigenvalue weighted by Gasteiger charge is -2.19. The molecule has 1 aromatic heterocycles. The molecule has 0 unspecified atom stereocenters. The Balaban J connectivity index is 1.42. The summed E-state index contributed by atoms with van der Waals surface area (Å²) in [5.74, 6) is 0.461. The van der Waals surface area contributed by atoms with Gasteiger partial charge in [0.1, 0.15) is 24.6 Å². The van der Waals surface area contributed by atoms with Gasteiger partial charge in [0, 0.05) is 18.3 Å². The number of carbonyl (C=O) groups excluding carboxylic acids is 2. The van der Waals surface area contributed by atoms with Crippen molar-refractivity contribution in [2.24, 2.45) is 0 Å². The number of fused-ring (bicyclic) bond motifs is 1. The fourth-order valence-corrected chi connectivity index (χ4v) is 2.87. The Labute approximate surface area is 167 Å². The van der Waals surface area contributed by atoms with Crippen molar-refractivity contribution in [3.63, 3.8) is 0 Å². The van der Waals surface area contributed by atoms with Crippen molar-refractivity contribution in [3.05, 3.63) is 83.7 Å². The second-order valence-corrected chi connectivity index (χ2v) is 6.39. The van der Waals surface area contributed by atoms with Crippen molar-refractivity contribution in [1.82, 2.24) is 10.3 Å². The number of nitrogens with one attached hydrogen (secondary N) is 2. The predicted molar refractivity (Wildman–Crippen MR) is 107 cm³/mol. The normalized spacial score (nSPS) is 12.1. The fourth-order valence-electron chi connectivity index (χ4n) is 2.87. The number of hydrogen-bond donors (Lipinski definition) is 2. The lowest BCUT2D eigenvalue weighted by atomic mass is 10.2. The molecule has 2 amide bonds. The smallest absolute Gasteiger partial charge is 0.274 e. The Morgan fingerprint density at radius 1 is 0.828 bits per heavy atom. The highest BCUT2D eigenvalue weighted by Gasteiger charge is 2.15. The minimum atomic E-state index is -0.417.